The van der Waals surface area contributed by atoms with Crippen LogP contribution >= 0.6 is 27.3 Å². The van der Waals surface area contributed by atoms with Gasteiger partial charge in [0.2, 0.25) is 5.91 Å². The molecule has 2 fully saturated rings. The van der Waals surface area contributed by atoms with E-state index in [2.05, 4.69) is 15.9 Å². The molecule has 0 radical (unpaired) electrons. The normalized spacial score (nSPS) is 28.4. The van der Waals surface area contributed by atoms with E-state index in [9.17, 15) is 14.7 Å². The summed E-state index contributed by atoms with van der Waals surface area (Å²) in [7, 11) is 0. The molecule has 1 aromatic rings. The largest absolute Gasteiger partial charge is 0.481 e. The second-order valence-corrected chi connectivity index (χ2v) is 8.19. The van der Waals surface area contributed by atoms with E-state index in [-0.39, 0.29) is 11.8 Å². The van der Waals surface area contributed by atoms with Gasteiger partial charge in [-0.2, -0.15) is 0 Å². The van der Waals surface area contributed by atoms with E-state index in [1.165, 1.54) is 11.3 Å². The summed E-state index contributed by atoms with van der Waals surface area (Å²) in [4.78, 5) is 26.8. The number of likely N-dealkylation sites (tertiary alicyclic amines) is 1. The molecule has 2 atom stereocenters. The Morgan fingerprint density at radius 3 is 2.95 bits per heavy atom. The molecule has 0 aliphatic carbocycles. The number of amides is 1. The van der Waals surface area contributed by atoms with Gasteiger partial charge in [-0.15, -0.1) is 11.3 Å². The molecule has 0 saturated carbocycles. The number of thiophene rings is 1. The summed E-state index contributed by atoms with van der Waals surface area (Å²) in [6.07, 6.45) is 0.820. The number of carboxylic acids is 1. The molecular formula is C14H16BrNO4S. The number of aliphatic carboxylic acids is 1. The molecule has 21 heavy (non-hydrogen) atoms. The highest BCUT2D eigenvalue weighted by Crippen LogP contribution is 2.42. The fourth-order valence-corrected chi connectivity index (χ4v) is 4.67. The zero-order valence-electron chi connectivity index (χ0n) is 11.4. The van der Waals surface area contributed by atoms with Gasteiger partial charge >= 0.3 is 5.97 Å². The van der Waals surface area contributed by atoms with Crippen LogP contribution in [0.2, 0.25) is 0 Å². The van der Waals surface area contributed by atoms with Crippen molar-refractivity contribution in [2.75, 3.05) is 26.3 Å². The maximum absolute atomic E-state index is 12.4. The van der Waals surface area contributed by atoms with Crippen molar-refractivity contribution in [1.82, 2.24) is 4.90 Å². The van der Waals surface area contributed by atoms with Crippen molar-refractivity contribution in [2.45, 2.75) is 12.8 Å². The summed E-state index contributed by atoms with van der Waals surface area (Å²) in [5, 5.41) is 9.59. The Labute approximate surface area is 135 Å². The number of carboxylic acid groups (broad SMARTS) is 1. The van der Waals surface area contributed by atoms with Crippen molar-refractivity contribution >= 4 is 39.1 Å². The Morgan fingerprint density at radius 1 is 1.52 bits per heavy atom. The molecule has 5 nitrogen and oxygen atoms in total. The Bertz CT molecular complexity index is 575. The fraction of sp³-hybridized carbons (Fsp3) is 0.571. The van der Waals surface area contributed by atoms with Gasteiger partial charge in [0.1, 0.15) is 0 Å². The zero-order chi connectivity index (χ0) is 15.0. The predicted molar refractivity (Wildman–Crippen MR) is 81.3 cm³/mol. The van der Waals surface area contributed by atoms with Gasteiger partial charge in [0.25, 0.3) is 0 Å². The third kappa shape index (κ3) is 2.74. The number of rotatable bonds is 3. The molecule has 114 valence electrons. The average molecular weight is 374 g/mol. The van der Waals surface area contributed by atoms with Gasteiger partial charge in [-0.25, -0.2) is 0 Å². The molecule has 0 bridgehead atoms. The molecular weight excluding hydrogens is 358 g/mol. The lowest BCUT2D eigenvalue weighted by molar-refractivity contribution is -0.157. The van der Waals surface area contributed by atoms with Gasteiger partial charge < -0.3 is 14.7 Å². The molecule has 2 aliphatic heterocycles. The molecule has 0 aromatic carbocycles. The number of hydrogen-bond donors (Lipinski definition) is 1. The van der Waals surface area contributed by atoms with E-state index in [1.807, 2.05) is 12.1 Å². The SMILES string of the molecule is O=C(Cc1ccc(Br)s1)N1C[C@H]2COCC[C@@]2(C(=O)O)C1. The molecule has 0 unspecified atom stereocenters. The van der Waals surface area contributed by atoms with E-state index in [4.69, 9.17) is 4.74 Å². The first-order valence-electron chi connectivity index (χ1n) is 6.84. The number of ether oxygens (including phenoxy) is 1. The minimum Gasteiger partial charge on any atom is -0.481 e. The third-order valence-corrected chi connectivity index (χ3v) is 6.06. The molecule has 3 rings (SSSR count). The van der Waals surface area contributed by atoms with Crippen LogP contribution in [-0.4, -0.2) is 48.2 Å². The van der Waals surface area contributed by atoms with Gasteiger partial charge in [-0.05, 0) is 34.5 Å². The third-order valence-electron chi connectivity index (χ3n) is 4.44. The highest BCUT2D eigenvalue weighted by molar-refractivity contribution is 9.11. The van der Waals surface area contributed by atoms with Crippen LogP contribution in [0.25, 0.3) is 0 Å². The topological polar surface area (TPSA) is 66.8 Å². The van der Waals surface area contributed by atoms with Gasteiger partial charge in [0, 0.05) is 30.5 Å². The van der Waals surface area contributed by atoms with E-state index < -0.39 is 11.4 Å². The van der Waals surface area contributed by atoms with Gasteiger partial charge in [-0.1, -0.05) is 0 Å². The van der Waals surface area contributed by atoms with Crippen molar-refractivity contribution in [3.63, 3.8) is 0 Å². The van der Waals surface area contributed by atoms with Gasteiger partial charge in [0.05, 0.1) is 22.2 Å². The van der Waals surface area contributed by atoms with Crippen LogP contribution in [0.1, 0.15) is 11.3 Å². The van der Waals surface area contributed by atoms with Crippen molar-refractivity contribution in [3.05, 3.63) is 20.8 Å². The van der Waals surface area contributed by atoms with E-state index in [0.717, 1.165) is 8.66 Å². The zero-order valence-corrected chi connectivity index (χ0v) is 13.8. The quantitative estimate of drug-likeness (QED) is 0.879. The van der Waals surface area contributed by atoms with Crippen LogP contribution in [-0.2, 0) is 20.7 Å². The molecule has 2 aliphatic rings. The lowest BCUT2D eigenvalue weighted by Gasteiger charge is -2.33. The van der Waals surface area contributed by atoms with Gasteiger partial charge in [-0.3, -0.25) is 9.59 Å². The van der Waals surface area contributed by atoms with Crippen LogP contribution < -0.4 is 0 Å². The van der Waals surface area contributed by atoms with Crippen LogP contribution in [0.15, 0.2) is 15.9 Å². The molecule has 1 amide bonds. The first-order valence-corrected chi connectivity index (χ1v) is 8.45. The molecule has 7 heteroatoms. The Morgan fingerprint density at radius 2 is 2.33 bits per heavy atom. The summed E-state index contributed by atoms with van der Waals surface area (Å²) in [5.74, 6) is -0.896. The highest BCUT2D eigenvalue weighted by Gasteiger charge is 2.54. The fourth-order valence-electron chi connectivity index (χ4n) is 3.20. The molecule has 2 saturated heterocycles. The Kier molecular flexibility index (Phi) is 4.07. The average Bonchev–Trinajstić information content (AvgIpc) is 3.03. The van der Waals surface area contributed by atoms with E-state index >= 15 is 0 Å². The second kappa shape index (κ2) is 5.70. The van der Waals surface area contributed by atoms with E-state index in [1.54, 1.807) is 4.90 Å². The minimum atomic E-state index is -0.816. The summed E-state index contributed by atoms with van der Waals surface area (Å²) in [6, 6.07) is 3.84. The number of nitrogens with zero attached hydrogens (tertiary/aromatic N) is 1. The van der Waals surface area contributed by atoms with Crippen molar-refractivity contribution < 1.29 is 19.4 Å². The first kappa shape index (κ1) is 15.0. The van der Waals surface area contributed by atoms with Crippen LogP contribution in [0.4, 0.5) is 0 Å². The number of carbonyl (C=O) groups excluding carboxylic acids is 1. The summed E-state index contributed by atoms with van der Waals surface area (Å²) in [6.45, 7) is 1.68. The first-order chi connectivity index (χ1) is 10.0. The maximum Gasteiger partial charge on any atom is 0.311 e. The highest BCUT2D eigenvalue weighted by atomic mass is 79.9. The van der Waals surface area contributed by atoms with Crippen molar-refractivity contribution in [2.24, 2.45) is 11.3 Å². The molecule has 3 heterocycles. The number of fused-ring (bicyclic) bond motifs is 1. The van der Waals surface area contributed by atoms with Crippen LogP contribution in [0, 0.1) is 11.3 Å². The standard InChI is InChI=1S/C14H16BrNO4S/c15-11-2-1-10(21-11)5-12(17)16-6-9-7-20-4-3-14(9,8-16)13(18)19/h1-2,9H,3-8H2,(H,18,19)/t9-,14+/m0/s1. The van der Waals surface area contributed by atoms with Crippen molar-refractivity contribution in [3.8, 4) is 0 Å². The van der Waals surface area contributed by atoms with Crippen LogP contribution in [0.5, 0.6) is 0 Å². The monoisotopic (exact) mass is 373 g/mol. The molecule has 1 aromatic heterocycles. The second-order valence-electron chi connectivity index (χ2n) is 5.64. The van der Waals surface area contributed by atoms with E-state index in [0.29, 0.717) is 39.1 Å². The van der Waals surface area contributed by atoms with Crippen LogP contribution in [0.3, 0.4) is 0 Å². The predicted octanol–water partition coefficient (Wildman–Crippen LogP) is 2.00. The number of hydrogen-bond acceptors (Lipinski definition) is 4. The van der Waals surface area contributed by atoms with Crippen molar-refractivity contribution in [1.29, 1.82) is 0 Å². The molecule has 1 N–H and O–H groups in total. The summed E-state index contributed by atoms with van der Waals surface area (Å²) >= 11 is 4.92. The summed E-state index contributed by atoms with van der Waals surface area (Å²) in [5.41, 5.74) is -0.816. The number of halogens is 1. The maximum atomic E-state index is 12.4. The van der Waals surface area contributed by atoms with Gasteiger partial charge in [0.15, 0.2) is 0 Å². The number of carbonyl (C=O) groups is 2. The summed E-state index contributed by atoms with van der Waals surface area (Å²) < 4.78 is 6.40. The lowest BCUT2D eigenvalue weighted by Crippen LogP contribution is -2.45. The molecule has 0 spiro atoms. The smallest absolute Gasteiger partial charge is 0.311 e. The Balaban J connectivity index is 1.72. The lowest BCUT2D eigenvalue weighted by atomic mass is 9.74. The minimum absolute atomic E-state index is 0.000579. The Hall–Kier alpha value is -0.920.